The number of nitrogens with zero attached hydrogens (tertiary/aromatic N) is 2. The number of carbonyl (C=O) groups excluding carboxylic acids is 1. The van der Waals surface area contributed by atoms with Crippen LogP contribution in [0.15, 0.2) is 24.3 Å². The van der Waals surface area contributed by atoms with Crippen molar-refractivity contribution < 1.29 is 13.9 Å². The lowest BCUT2D eigenvalue weighted by atomic mass is 10.1. The molecule has 1 N–H and O–H groups in total. The number of amides is 1. The van der Waals surface area contributed by atoms with Crippen LogP contribution < -0.4 is 10.1 Å². The van der Waals surface area contributed by atoms with E-state index in [2.05, 4.69) is 29.2 Å². The molecule has 1 aromatic carbocycles. The van der Waals surface area contributed by atoms with Gasteiger partial charge in [-0.2, -0.15) is 0 Å². The van der Waals surface area contributed by atoms with Crippen molar-refractivity contribution in [3.05, 3.63) is 30.1 Å². The molecule has 1 fully saturated rings. The van der Waals surface area contributed by atoms with E-state index in [1.165, 1.54) is 12.1 Å². The van der Waals surface area contributed by atoms with Crippen LogP contribution in [0.1, 0.15) is 13.3 Å². The monoisotopic (exact) mass is 323 g/mol. The third kappa shape index (κ3) is 4.91. The molecule has 1 saturated heterocycles. The number of hydrogen-bond acceptors (Lipinski definition) is 4. The molecule has 5 nitrogen and oxygen atoms in total. The van der Waals surface area contributed by atoms with Crippen molar-refractivity contribution in [2.75, 3.05) is 40.3 Å². The van der Waals surface area contributed by atoms with E-state index in [0.29, 0.717) is 13.0 Å². The van der Waals surface area contributed by atoms with E-state index in [0.717, 1.165) is 19.6 Å². The Hall–Kier alpha value is -1.66. The molecule has 1 heterocycles. The minimum atomic E-state index is -0.682. The van der Waals surface area contributed by atoms with Gasteiger partial charge in [0.05, 0.1) is 0 Å². The zero-order valence-electron chi connectivity index (χ0n) is 14.1. The Morgan fingerprint density at radius 1 is 1.39 bits per heavy atom. The molecule has 6 heteroatoms. The van der Waals surface area contributed by atoms with Crippen molar-refractivity contribution in [1.29, 1.82) is 0 Å². The lowest BCUT2D eigenvalue weighted by molar-refractivity contribution is -0.128. The smallest absolute Gasteiger partial charge is 0.261 e. The first-order chi connectivity index (χ1) is 11.0. The van der Waals surface area contributed by atoms with Crippen LogP contribution in [-0.4, -0.2) is 68.1 Å². The van der Waals surface area contributed by atoms with E-state index in [4.69, 9.17) is 4.74 Å². The maximum atomic E-state index is 13.7. The molecule has 128 valence electrons. The molecule has 0 aromatic heterocycles. The predicted octanol–water partition coefficient (Wildman–Crippen LogP) is 1.35. The first-order valence-electron chi connectivity index (χ1n) is 8.09. The van der Waals surface area contributed by atoms with Gasteiger partial charge in [0.25, 0.3) is 5.91 Å². The minimum Gasteiger partial charge on any atom is -0.478 e. The molecule has 1 aliphatic heterocycles. The van der Waals surface area contributed by atoms with Crippen LogP contribution in [0.3, 0.4) is 0 Å². The number of halogens is 1. The van der Waals surface area contributed by atoms with E-state index in [1.807, 2.05) is 6.92 Å². The van der Waals surface area contributed by atoms with Crippen molar-refractivity contribution in [3.8, 4) is 5.75 Å². The van der Waals surface area contributed by atoms with Gasteiger partial charge in [-0.1, -0.05) is 19.1 Å². The van der Waals surface area contributed by atoms with E-state index in [-0.39, 0.29) is 17.7 Å². The van der Waals surface area contributed by atoms with Crippen molar-refractivity contribution >= 4 is 5.91 Å². The normalized spacial score (nSPS) is 21.0. The van der Waals surface area contributed by atoms with Gasteiger partial charge in [0.15, 0.2) is 17.7 Å². The average Bonchev–Trinajstić information content (AvgIpc) is 2.54. The summed E-state index contributed by atoms with van der Waals surface area (Å²) in [6.07, 6.45) is -0.195. The highest BCUT2D eigenvalue weighted by Crippen LogP contribution is 2.18. The summed E-state index contributed by atoms with van der Waals surface area (Å²) >= 11 is 0. The highest BCUT2D eigenvalue weighted by atomic mass is 19.1. The third-order valence-corrected chi connectivity index (χ3v) is 4.26. The molecule has 23 heavy (non-hydrogen) atoms. The zero-order chi connectivity index (χ0) is 16.8. The van der Waals surface area contributed by atoms with Gasteiger partial charge in [-0.15, -0.1) is 0 Å². The quantitative estimate of drug-likeness (QED) is 0.858. The standard InChI is InChI=1S/C17H26FN3O2/c1-4-15(23-16-8-6-5-7-14(16)18)17(22)19-11-13-12-20(2)9-10-21(13)3/h5-8,13,15H,4,9-12H2,1-3H3,(H,19,22)/t13-,15-/m1/s1. The Kier molecular flexibility index (Phi) is 6.36. The molecule has 2 atom stereocenters. The fraction of sp³-hybridized carbons (Fsp3) is 0.588. The number of nitrogens with one attached hydrogen (secondary N) is 1. The molecule has 0 radical (unpaired) electrons. The Bertz CT molecular complexity index is 526. The Balaban J connectivity index is 1.88. The third-order valence-electron chi connectivity index (χ3n) is 4.26. The first-order valence-corrected chi connectivity index (χ1v) is 8.09. The fourth-order valence-corrected chi connectivity index (χ4v) is 2.67. The van der Waals surface area contributed by atoms with Crippen LogP contribution in [0.2, 0.25) is 0 Å². The van der Waals surface area contributed by atoms with Gasteiger partial charge < -0.3 is 15.0 Å². The number of benzene rings is 1. The summed E-state index contributed by atoms with van der Waals surface area (Å²) < 4.78 is 19.2. The molecule has 2 rings (SSSR count). The van der Waals surface area contributed by atoms with Crippen molar-refractivity contribution in [1.82, 2.24) is 15.1 Å². The predicted molar refractivity (Wildman–Crippen MR) is 88.0 cm³/mol. The van der Waals surface area contributed by atoms with E-state index in [1.54, 1.807) is 12.1 Å². The van der Waals surface area contributed by atoms with Crippen molar-refractivity contribution in [3.63, 3.8) is 0 Å². The second-order valence-electron chi connectivity index (χ2n) is 6.09. The molecule has 0 bridgehead atoms. The summed E-state index contributed by atoms with van der Waals surface area (Å²) in [4.78, 5) is 16.8. The number of likely N-dealkylation sites (N-methyl/N-ethyl adjacent to an activating group) is 2. The van der Waals surface area contributed by atoms with Gasteiger partial charge in [0.1, 0.15) is 0 Å². The second-order valence-corrected chi connectivity index (χ2v) is 6.09. The average molecular weight is 323 g/mol. The number of ether oxygens (including phenoxy) is 1. The molecule has 0 aliphatic carbocycles. The molecule has 1 aliphatic rings. The van der Waals surface area contributed by atoms with Crippen LogP contribution in [0.25, 0.3) is 0 Å². The summed E-state index contributed by atoms with van der Waals surface area (Å²) in [5.74, 6) is -0.534. The topological polar surface area (TPSA) is 44.8 Å². The van der Waals surface area contributed by atoms with Gasteiger partial charge in [-0.05, 0) is 32.6 Å². The second kappa shape index (κ2) is 8.26. The highest BCUT2D eigenvalue weighted by Gasteiger charge is 2.25. The lowest BCUT2D eigenvalue weighted by Gasteiger charge is -2.37. The van der Waals surface area contributed by atoms with Crippen LogP contribution in [0.5, 0.6) is 5.75 Å². The molecule has 1 amide bonds. The SMILES string of the molecule is CC[C@@H](Oc1ccccc1F)C(=O)NC[C@@H]1CN(C)CCN1C. The van der Waals surface area contributed by atoms with E-state index in [9.17, 15) is 9.18 Å². The summed E-state index contributed by atoms with van der Waals surface area (Å²) in [7, 11) is 4.15. The molecule has 1 aromatic rings. The summed E-state index contributed by atoms with van der Waals surface area (Å²) in [6, 6.07) is 6.43. The maximum absolute atomic E-state index is 13.7. The largest absolute Gasteiger partial charge is 0.478 e. The van der Waals surface area contributed by atoms with Gasteiger partial charge >= 0.3 is 0 Å². The fourth-order valence-electron chi connectivity index (χ4n) is 2.67. The van der Waals surface area contributed by atoms with Crippen molar-refractivity contribution in [2.45, 2.75) is 25.5 Å². The van der Waals surface area contributed by atoms with E-state index >= 15 is 0 Å². The number of piperazine rings is 1. The maximum Gasteiger partial charge on any atom is 0.261 e. The molecule has 0 unspecified atom stereocenters. The molecular weight excluding hydrogens is 297 g/mol. The summed E-state index contributed by atoms with van der Waals surface area (Å²) in [5, 5.41) is 2.94. The van der Waals surface area contributed by atoms with Gasteiger partial charge in [-0.3, -0.25) is 9.69 Å². The van der Waals surface area contributed by atoms with Gasteiger partial charge in [0, 0.05) is 32.2 Å². The Labute approximate surface area is 137 Å². The summed E-state index contributed by atoms with van der Waals surface area (Å²) in [5.41, 5.74) is 0. The number of rotatable bonds is 6. The van der Waals surface area contributed by atoms with Gasteiger partial charge in [-0.25, -0.2) is 4.39 Å². The van der Waals surface area contributed by atoms with Crippen LogP contribution in [0, 0.1) is 5.82 Å². The summed E-state index contributed by atoms with van der Waals surface area (Å²) in [6.45, 7) is 5.36. The van der Waals surface area contributed by atoms with Crippen LogP contribution >= 0.6 is 0 Å². The van der Waals surface area contributed by atoms with Crippen molar-refractivity contribution in [2.24, 2.45) is 0 Å². The molecular formula is C17H26FN3O2. The first kappa shape index (κ1) is 17.7. The lowest BCUT2D eigenvalue weighted by Crippen LogP contribution is -2.55. The molecule has 0 spiro atoms. The van der Waals surface area contributed by atoms with Crippen LogP contribution in [0.4, 0.5) is 4.39 Å². The van der Waals surface area contributed by atoms with E-state index < -0.39 is 11.9 Å². The van der Waals surface area contributed by atoms with Crippen LogP contribution in [-0.2, 0) is 4.79 Å². The number of carbonyl (C=O) groups is 1. The zero-order valence-corrected chi connectivity index (χ0v) is 14.1. The Morgan fingerprint density at radius 2 is 2.13 bits per heavy atom. The highest BCUT2D eigenvalue weighted by molar-refractivity contribution is 5.81. The Morgan fingerprint density at radius 3 is 2.83 bits per heavy atom. The minimum absolute atomic E-state index is 0.115. The number of hydrogen-bond donors (Lipinski definition) is 1. The van der Waals surface area contributed by atoms with Gasteiger partial charge in [0.2, 0.25) is 0 Å². The number of para-hydroxylation sites is 1. The molecule has 0 saturated carbocycles.